The van der Waals surface area contributed by atoms with Crippen LogP contribution in [0.4, 0.5) is 11.4 Å². The van der Waals surface area contributed by atoms with Crippen LogP contribution in [0.25, 0.3) is 0 Å². The van der Waals surface area contributed by atoms with Gasteiger partial charge in [-0.25, -0.2) is 0 Å². The monoisotopic (exact) mass is 285 g/mol. The number of rotatable bonds is 2. The van der Waals surface area contributed by atoms with Crippen molar-refractivity contribution >= 4 is 11.4 Å². The van der Waals surface area contributed by atoms with Crippen LogP contribution in [0.5, 0.6) is 0 Å². The summed E-state index contributed by atoms with van der Waals surface area (Å²) in [7, 11) is 0. The molecule has 1 heteroatoms. The summed E-state index contributed by atoms with van der Waals surface area (Å²) in [6, 6.07) is 7.81. The van der Waals surface area contributed by atoms with E-state index in [2.05, 4.69) is 26.1 Å². The minimum atomic E-state index is -0.452. The maximum absolute atomic E-state index is 8.29. The summed E-state index contributed by atoms with van der Waals surface area (Å²) < 4.78 is 33.1. The standard InChI is InChI=1S/C20H27N/c1-19(2,3)15-7-11-17(12-8-15)21-18-13-9-16(10-14-18)20(4,5)6/h7-14,21H,1-6H3/i7D,8D,11D,12D. The highest BCUT2D eigenvalue weighted by Crippen LogP contribution is 2.27. The van der Waals surface area contributed by atoms with E-state index in [1.54, 1.807) is 0 Å². The Morgan fingerprint density at radius 1 is 0.667 bits per heavy atom. The molecule has 0 spiro atoms. The molecule has 1 N–H and O–H groups in total. The summed E-state index contributed by atoms with van der Waals surface area (Å²) in [6.45, 7) is 12.1. The van der Waals surface area contributed by atoms with Crippen LogP contribution >= 0.6 is 0 Å². The molecule has 0 aliphatic rings. The van der Waals surface area contributed by atoms with Gasteiger partial charge in [0.05, 0.1) is 5.48 Å². The Balaban J connectivity index is 2.48. The lowest BCUT2D eigenvalue weighted by Gasteiger charge is -2.20. The fourth-order valence-electron chi connectivity index (χ4n) is 1.95. The second-order valence-electron chi connectivity index (χ2n) is 7.45. The molecule has 2 rings (SSSR count). The average molecular weight is 285 g/mol. The SMILES string of the molecule is [2H]c1c([2H])c(C(C)(C)C)c([2H])c([2H])c1Nc1ccc(C(C)(C)C)cc1. The summed E-state index contributed by atoms with van der Waals surface area (Å²) in [6.07, 6.45) is 0. The lowest BCUT2D eigenvalue weighted by Crippen LogP contribution is -2.11. The van der Waals surface area contributed by atoms with Crippen LogP contribution in [0.15, 0.2) is 48.4 Å². The van der Waals surface area contributed by atoms with Crippen molar-refractivity contribution in [3.8, 4) is 0 Å². The van der Waals surface area contributed by atoms with Crippen molar-refractivity contribution in [2.75, 3.05) is 5.32 Å². The van der Waals surface area contributed by atoms with Crippen LogP contribution in [0.3, 0.4) is 0 Å². The highest BCUT2D eigenvalue weighted by atomic mass is 14.9. The molecule has 0 aliphatic heterocycles. The number of hydrogen-bond donors (Lipinski definition) is 1. The van der Waals surface area contributed by atoms with Gasteiger partial charge in [-0.1, -0.05) is 65.8 Å². The van der Waals surface area contributed by atoms with Crippen molar-refractivity contribution in [3.63, 3.8) is 0 Å². The van der Waals surface area contributed by atoms with Crippen LogP contribution in [-0.2, 0) is 10.8 Å². The fraction of sp³-hybridized carbons (Fsp3) is 0.400. The quantitative estimate of drug-likeness (QED) is 0.711. The van der Waals surface area contributed by atoms with Gasteiger partial charge in [-0.05, 0) is 46.2 Å². The Morgan fingerprint density at radius 2 is 1.14 bits per heavy atom. The van der Waals surface area contributed by atoms with E-state index in [4.69, 9.17) is 5.48 Å². The summed E-state index contributed by atoms with van der Waals surface area (Å²) in [5.41, 5.74) is 2.20. The first-order valence-corrected chi connectivity index (χ1v) is 7.32. The van der Waals surface area contributed by atoms with Gasteiger partial charge in [0.25, 0.3) is 0 Å². The van der Waals surface area contributed by atoms with Crippen LogP contribution < -0.4 is 5.32 Å². The molecule has 0 fully saturated rings. The van der Waals surface area contributed by atoms with E-state index in [-0.39, 0.29) is 35.3 Å². The van der Waals surface area contributed by atoms with Crippen LogP contribution in [0.2, 0.25) is 0 Å². The summed E-state index contributed by atoms with van der Waals surface area (Å²) in [5.74, 6) is 0. The molecule has 0 radical (unpaired) electrons. The Morgan fingerprint density at radius 3 is 1.57 bits per heavy atom. The van der Waals surface area contributed by atoms with Crippen molar-refractivity contribution in [1.82, 2.24) is 0 Å². The van der Waals surface area contributed by atoms with Crippen molar-refractivity contribution in [1.29, 1.82) is 0 Å². The van der Waals surface area contributed by atoms with E-state index in [0.717, 1.165) is 5.69 Å². The molecule has 0 atom stereocenters. The van der Waals surface area contributed by atoms with E-state index < -0.39 is 5.41 Å². The third-order valence-electron chi connectivity index (χ3n) is 3.40. The molecule has 0 bridgehead atoms. The minimum absolute atomic E-state index is 0.0160. The molecular weight excluding hydrogens is 254 g/mol. The second-order valence-corrected chi connectivity index (χ2v) is 7.45. The minimum Gasteiger partial charge on any atom is -0.356 e. The number of benzene rings is 2. The van der Waals surface area contributed by atoms with Crippen molar-refractivity contribution in [2.45, 2.75) is 52.4 Å². The molecule has 0 unspecified atom stereocenters. The van der Waals surface area contributed by atoms with Crippen molar-refractivity contribution in [3.05, 3.63) is 59.6 Å². The Bertz CT molecular complexity index is 752. The van der Waals surface area contributed by atoms with E-state index >= 15 is 0 Å². The smallest absolute Gasteiger partial charge is 0.0645 e. The zero-order valence-electron chi connectivity index (χ0n) is 17.8. The zero-order chi connectivity index (χ0) is 19.2. The topological polar surface area (TPSA) is 12.0 Å². The molecule has 0 aromatic heterocycles. The normalized spacial score (nSPS) is 15.0. The van der Waals surface area contributed by atoms with Crippen LogP contribution in [0.1, 0.15) is 58.2 Å². The molecule has 0 amide bonds. The average Bonchev–Trinajstić information content (AvgIpc) is 2.48. The van der Waals surface area contributed by atoms with Crippen LogP contribution in [-0.4, -0.2) is 0 Å². The summed E-state index contributed by atoms with van der Waals surface area (Å²) in [4.78, 5) is 0. The van der Waals surface area contributed by atoms with Crippen LogP contribution in [0, 0.1) is 0 Å². The van der Waals surface area contributed by atoms with Gasteiger partial charge in [0.1, 0.15) is 0 Å². The molecule has 0 saturated carbocycles. The predicted molar refractivity (Wildman–Crippen MR) is 93.6 cm³/mol. The van der Waals surface area contributed by atoms with Crippen molar-refractivity contribution in [2.24, 2.45) is 0 Å². The first-order valence-electron chi connectivity index (χ1n) is 9.32. The van der Waals surface area contributed by atoms with Gasteiger partial charge >= 0.3 is 0 Å². The van der Waals surface area contributed by atoms with Gasteiger partial charge < -0.3 is 5.32 Å². The molecule has 0 aliphatic carbocycles. The summed E-state index contributed by atoms with van der Waals surface area (Å²) >= 11 is 0. The molecular formula is C20H27N. The third kappa shape index (κ3) is 4.10. The van der Waals surface area contributed by atoms with E-state index in [1.165, 1.54) is 5.56 Å². The highest BCUT2D eigenvalue weighted by Gasteiger charge is 2.14. The second kappa shape index (κ2) is 5.55. The third-order valence-corrected chi connectivity index (χ3v) is 3.40. The molecule has 21 heavy (non-hydrogen) atoms. The Labute approximate surface area is 135 Å². The number of hydrogen-bond acceptors (Lipinski definition) is 1. The molecule has 0 heterocycles. The van der Waals surface area contributed by atoms with Gasteiger partial charge in [0.2, 0.25) is 0 Å². The lowest BCUT2D eigenvalue weighted by atomic mass is 9.87. The molecule has 2 aromatic carbocycles. The van der Waals surface area contributed by atoms with Gasteiger partial charge in [0.15, 0.2) is 0 Å². The van der Waals surface area contributed by atoms with E-state index in [1.807, 2.05) is 45.0 Å². The molecule has 112 valence electrons. The van der Waals surface area contributed by atoms with Gasteiger partial charge in [-0.15, -0.1) is 0 Å². The lowest BCUT2D eigenvalue weighted by molar-refractivity contribution is 0.590. The highest BCUT2D eigenvalue weighted by molar-refractivity contribution is 5.60. The first-order chi connectivity index (χ1) is 11.3. The molecule has 2 aromatic rings. The first kappa shape index (κ1) is 10.9. The summed E-state index contributed by atoms with van der Waals surface area (Å²) in [5, 5.41) is 3.06. The molecule has 1 nitrogen and oxygen atoms in total. The predicted octanol–water partition coefficient (Wildman–Crippen LogP) is 6.03. The molecule has 0 saturated heterocycles. The Kier molecular flexibility index (Phi) is 2.88. The van der Waals surface area contributed by atoms with E-state index in [9.17, 15) is 0 Å². The number of nitrogens with one attached hydrogen (secondary N) is 1. The van der Waals surface area contributed by atoms with Gasteiger partial charge in [-0.2, -0.15) is 0 Å². The Hall–Kier alpha value is -1.76. The zero-order valence-corrected chi connectivity index (χ0v) is 13.8. The number of anilines is 2. The largest absolute Gasteiger partial charge is 0.356 e. The van der Waals surface area contributed by atoms with E-state index in [0.29, 0.717) is 5.56 Å². The van der Waals surface area contributed by atoms with Gasteiger partial charge in [0, 0.05) is 11.4 Å². The fourth-order valence-corrected chi connectivity index (χ4v) is 1.95. The maximum atomic E-state index is 8.29. The maximum Gasteiger partial charge on any atom is 0.0645 e. The van der Waals surface area contributed by atoms with Crippen molar-refractivity contribution < 1.29 is 5.48 Å². The van der Waals surface area contributed by atoms with Gasteiger partial charge in [-0.3, -0.25) is 0 Å².